The van der Waals surface area contributed by atoms with Gasteiger partial charge >= 0.3 is 0 Å². The molecule has 3 heterocycles. The van der Waals surface area contributed by atoms with E-state index in [1.54, 1.807) is 7.11 Å². The van der Waals surface area contributed by atoms with Gasteiger partial charge in [-0.05, 0) is 37.3 Å². The van der Waals surface area contributed by atoms with Gasteiger partial charge in [0.2, 0.25) is 5.88 Å². The topological polar surface area (TPSA) is 79.9 Å². The summed E-state index contributed by atoms with van der Waals surface area (Å²) in [5, 5.41) is 17.7. The molecule has 0 saturated heterocycles. The van der Waals surface area contributed by atoms with Crippen LogP contribution >= 0.6 is 0 Å². The Labute approximate surface area is 151 Å². The lowest BCUT2D eigenvalue weighted by molar-refractivity contribution is 0.398. The van der Waals surface area contributed by atoms with Crippen LogP contribution in [0.15, 0.2) is 36.4 Å². The number of aryl methyl sites for hydroxylation is 1. The van der Waals surface area contributed by atoms with Crippen LogP contribution in [0.2, 0.25) is 0 Å². The molecule has 0 aliphatic carbocycles. The molecule has 0 saturated carbocycles. The van der Waals surface area contributed by atoms with Crippen LogP contribution in [0.4, 0.5) is 11.5 Å². The van der Waals surface area contributed by atoms with Crippen LogP contribution in [0.1, 0.15) is 30.1 Å². The molecule has 0 N–H and O–H groups in total. The Bertz CT molecular complexity index is 1000. The second-order valence-electron chi connectivity index (χ2n) is 6.31. The van der Waals surface area contributed by atoms with E-state index in [0.717, 1.165) is 28.8 Å². The van der Waals surface area contributed by atoms with Gasteiger partial charge < -0.3 is 9.64 Å². The van der Waals surface area contributed by atoms with Crippen LogP contribution in [0.25, 0.3) is 5.69 Å². The molecule has 4 rings (SSSR count). The number of aromatic nitrogens is 4. The van der Waals surface area contributed by atoms with Crippen molar-refractivity contribution in [3.8, 4) is 17.6 Å². The van der Waals surface area contributed by atoms with Crippen molar-refractivity contribution in [3.05, 3.63) is 53.6 Å². The first-order valence-electron chi connectivity index (χ1n) is 8.37. The number of nitriles is 1. The van der Waals surface area contributed by atoms with E-state index in [1.165, 1.54) is 0 Å². The first-order chi connectivity index (χ1) is 12.6. The summed E-state index contributed by atoms with van der Waals surface area (Å²) in [6.07, 6.45) is 0. The number of anilines is 2. The molecule has 0 spiro atoms. The fraction of sp³-hybridized carbons (Fsp3) is 0.263. The van der Waals surface area contributed by atoms with Gasteiger partial charge in [-0.1, -0.05) is 6.92 Å². The normalized spacial score (nSPS) is 15.6. The van der Waals surface area contributed by atoms with E-state index in [1.807, 2.05) is 43.3 Å². The molecular formula is C19H18N6O. The number of pyridine rings is 1. The number of fused-ring (bicyclic) bond motifs is 3. The molecule has 2 aromatic heterocycles. The van der Waals surface area contributed by atoms with Crippen LogP contribution < -0.4 is 9.64 Å². The van der Waals surface area contributed by atoms with Gasteiger partial charge in [0.1, 0.15) is 11.6 Å². The molecule has 3 aromatic rings. The Morgan fingerprint density at radius 1 is 1.15 bits per heavy atom. The van der Waals surface area contributed by atoms with Crippen LogP contribution in [0, 0.1) is 18.3 Å². The van der Waals surface area contributed by atoms with Gasteiger partial charge in [-0.25, -0.2) is 0 Å². The Hall–Kier alpha value is -3.40. The van der Waals surface area contributed by atoms with Gasteiger partial charge in [-0.2, -0.15) is 10.2 Å². The number of methoxy groups -OCH3 is 1. The summed E-state index contributed by atoms with van der Waals surface area (Å²) in [7, 11) is 1.61. The Balaban J connectivity index is 1.93. The Morgan fingerprint density at radius 2 is 1.92 bits per heavy atom. The maximum Gasteiger partial charge on any atom is 0.215 e. The Kier molecular flexibility index (Phi) is 3.81. The molecule has 7 heteroatoms. The van der Waals surface area contributed by atoms with Crippen LogP contribution in [0.3, 0.4) is 0 Å². The largest absolute Gasteiger partial charge is 0.481 e. The fourth-order valence-corrected chi connectivity index (χ4v) is 3.29. The molecule has 0 radical (unpaired) electrons. The monoisotopic (exact) mass is 346 g/mol. The zero-order chi connectivity index (χ0) is 18.3. The third-order valence-electron chi connectivity index (χ3n) is 4.59. The second kappa shape index (κ2) is 6.15. The molecular weight excluding hydrogens is 328 g/mol. The van der Waals surface area contributed by atoms with E-state index < -0.39 is 0 Å². The first kappa shape index (κ1) is 16.1. The third-order valence-corrected chi connectivity index (χ3v) is 4.59. The fourth-order valence-electron chi connectivity index (χ4n) is 3.29. The second-order valence-corrected chi connectivity index (χ2v) is 6.31. The third kappa shape index (κ3) is 2.47. The number of ether oxygens (including phenoxy) is 1. The summed E-state index contributed by atoms with van der Waals surface area (Å²) in [6, 6.07) is 13.5. The lowest BCUT2D eigenvalue weighted by Gasteiger charge is -2.25. The smallest absolute Gasteiger partial charge is 0.215 e. The van der Waals surface area contributed by atoms with Crippen LogP contribution in [-0.2, 0) is 0 Å². The molecule has 1 aliphatic rings. The van der Waals surface area contributed by atoms with Crippen molar-refractivity contribution in [2.75, 3.05) is 18.6 Å². The molecule has 26 heavy (non-hydrogen) atoms. The minimum Gasteiger partial charge on any atom is -0.481 e. The minimum absolute atomic E-state index is 0.145. The number of hydrogen-bond donors (Lipinski definition) is 0. The number of rotatable bonds is 2. The molecule has 130 valence electrons. The van der Waals surface area contributed by atoms with Gasteiger partial charge in [0.05, 0.1) is 24.4 Å². The highest BCUT2D eigenvalue weighted by Crippen LogP contribution is 2.37. The molecule has 7 nitrogen and oxygen atoms in total. The standard InChI is InChI=1S/C19H18N6O/c1-12-11-24(15-6-4-14(10-20)5-7-15)19-16(8-9-17(21-19)26-3)25-13(2)22-23-18(12)25/h4-9,12H,11H2,1-3H3. The van der Waals surface area contributed by atoms with Gasteiger partial charge in [0.15, 0.2) is 5.82 Å². The zero-order valence-corrected chi connectivity index (χ0v) is 14.8. The zero-order valence-electron chi connectivity index (χ0n) is 14.8. The highest BCUT2D eigenvalue weighted by molar-refractivity contribution is 5.70. The molecule has 1 aromatic carbocycles. The summed E-state index contributed by atoms with van der Waals surface area (Å²) in [5.74, 6) is 3.20. The van der Waals surface area contributed by atoms with Gasteiger partial charge in [-0.15, -0.1) is 10.2 Å². The molecule has 0 fully saturated rings. The lowest BCUT2D eigenvalue weighted by atomic mass is 10.1. The van der Waals surface area contributed by atoms with Crippen LogP contribution in [0.5, 0.6) is 5.88 Å². The number of nitrogens with zero attached hydrogens (tertiary/aromatic N) is 6. The summed E-state index contributed by atoms with van der Waals surface area (Å²) < 4.78 is 7.40. The summed E-state index contributed by atoms with van der Waals surface area (Å²) in [6.45, 7) is 4.76. The summed E-state index contributed by atoms with van der Waals surface area (Å²) >= 11 is 0. The van der Waals surface area contributed by atoms with Crippen molar-refractivity contribution in [2.24, 2.45) is 0 Å². The van der Waals surface area contributed by atoms with Crippen molar-refractivity contribution in [3.63, 3.8) is 0 Å². The average Bonchev–Trinajstić information content (AvgIpc) is 3.01. The van der Waals surface area contributed by atoms with E-state index in [4.69, 9.17) is 15.0 Å². The van der Waals surface area contributed by atoms with Crippen molar-refractivity contribution in [1.82, 2.24) is 19.7 Å². The number of hydrogen-bond acceptors (Lipinski definition) is 6. The van der Waals surface area contributed by atoms with E-state index in [-0.39, 0.29) is 5.92 Å². The number of benzene rings is 1. The maximum atomic E-state index is 9.06. The van der Waals surface area contributed by atoms with Crippen molar-refractivity contribution in [1.29, 1.82) is 5.26 Å². The molecule has 1 atom stereocenters. The summed E-state index contributed by atoms with van der Waals surface area (Å²) in [4.78, 5) is 6.85. The quantitative estimate of drug-likeness (QED) is 0.709. The van der Waals surface area contributed by atoms with Crippen LogP contribution in [-0.4, -0.2) is 33.4 Å². The van der Waals surface area contributed by atoms with Crippen molar-refractivity contribution in [2.45, 2.75) is 19.8 Å². The van der Waals surface area contributed by atoms with E-state index >= 15 is 0 Å². The molecule has 1 aliphatic heterocycles. The maximum absolute atomic E-state index is 9.06. The highest BCUT2D eigenvalue weighted by Gasteiger charge is 2.29. The average molecular weight is 346 g/mol. The predicted molar refractivity (Wildman–Crippen MR) is 97.0 cm³/mol. The minimum atomic E-state index is 0.145. The van der Waals surface area contributed by atoms with Crippen molar-refractivity contribution >= 4 is 11.5 Å². The van der Waals surface area contributed by atoms with Crippen molar-refractivity contribution < 1.29 is 4.74 Å². The first-order valence-corrected chi connectivity index (χ1v) is 8.37. The lowest BCUT2D eigenvalue weighted by Crippen LogP contribution is -2.23. The SMILES string of the molecule is COc1ccc2c(n1)N(c1ccc(C#N)cc1)CC(C)c1nnc(C)n1-2. The van der Waals surface area contributed by atoms with E-state index in [2.05, 4.69) is 32.7 Å². The van der Waals surface area contributed by atoms with Gasteiger partial charge in [-0.3, -0.25) is 4.57 Å². The van der Waals surface area contributed by atoms with Gasteiger partial charge in [0, 0.05) is 24.2 Å². The van der Waals surface area contributed by atoms with E-state index in [0.29, 0.717) is 18.0 Å². The predicted octanol–water partition coefficient (Wildman–Crippen LogP) is 3.11. The van der Waals surface area contributed by atoms with E-state index in [9.17, 15) is 0 Å². The molecule has 0 amide bonds. The molecule has 1 unspecified atom stereocenters. The van der Waals surface area contributed by atoms with Gasteiger partial charge in [0.25, 0.3) is 0 Å². The molecule has 0 bridgehead atoms. The highest BCUT2D eigenvalue weighted by atomic mass is 16.5. The summed E-state index contributed by atoms with van der Waals surface area (Å²) in [5.41, 5.74) is 2.51. The Morgan fingerprint density at radius 3 is 2.62 bits per heavy atom.